The predicted octanol–water partition coefficient (Wildman–Crippen LogP) is 0.172. The number of piperidine rings is 1. The van der Waals surface area contributed by atoms with Gasteiger partial charge in [0.15, 0.2) is 23.1 Å². The second kappa shape index (κ2) is 10.3. The zero-order valence-corrected chi connectivity index (χ0v) is 22.1. The van der Waals surface area contributed by atoms with Crippen molar-refractivity contribution < 1.29 is 23.1 Å². The van der Waals surface area contributed by atoms with E-state index in [0.29, 0.717) is 45.1 Å². The van der Waals surface area contributed by atoms with E-state index in [1.165, 1.54) is 6.20 Å². The molecule has 6 heterocycles. The lowest BCUT2D eigenvalue weighted by molar-refractivity contribution is -0.139. The third-order valence-corrected chi connectivity index (χ3v) is 8.25. The van der Waals surface area contributed by atoms with Gasteiger partial charge in [-0.05, 0) is 12.8 Å². The van der Waals surface area contributed by atoms with Crippen LogP contribution in [0.2, 0.25) is 5.31 Å². The number of hydrogen-bond acceptors (Lipinski definition) is 9. The van der Waals surface area contributed by atoms with Crippen molar-refractivity contribution in [3.8, 4) is 0 Å². The van der Waals surface area contributed by atoms with Gasteiger partial charge in [0.2, 0.25) is 5.91 Å². The molecule has 3 fully saturated rings. The molecule has 0 unspecified atom stereocenters. The number of fused-ring (bicyclic) bond motifs is 1. The van der Waals surface area contributed by atoms with Gasteiger partial charge >= 0.3 is 0 Å². The molecule has 12 nitrogen and oxygen atoms in total. The fourth-order valence-corrected chi connectivity index (χ4v) is 5.72. The average Bonchev–Trinajstić information content (AvgIpc) is 3.23. The number of nitrogens with zero attached hydrogens (tertiary/aromatic N) is 7. The molecule has 0 aromatic carbocycles. The lowest BCUT2D eigenvalue weighted by Gasteiger charge is -2.46. The number of nitrogen functional groups attached to an aromatic ring is 1. The van der Waals surface area contributed by atoms with Crippen LogP contribution in [0, 0.1) is 11.6 Å². The summed E-state index contributed by atoms with van der Waals surface area (Å²) >= 11 is 0. The molecule has 3 aliphatic heterocycles. The van der Waals surface area contributed by atoms with E-state index in [9.17, 15) is 14.0 Å². The average molecular weight is 553 g/mol. The number of rotatable bonds is 5. The molecule has 15 heteroatoms. The number of amides is 2. The van der Waals surface area contributed by atoms with E-state index < -0.39 is 22.9 Å². The summed E-state index contributed by atoms with van der Waals surface area (Å²) in [6.45, 7) is 5.44. The normalized spacial score (nSPS) is 19.9. The van der Waals surface area contributed by atoms with Crippen LogP contribution in [0.25, 0.3) is 5.65 Å². The van der Waals surface area contributed by atoms with Crippen molar-refractivity contribution >= 4 is 42.5 Å². The number of hydrogen-bond donors (Lipinski definition) is 2. The molecule has 0 saturated carbocycles. The van der Waals surface area contributed by atoms with Crippen molar-refractivity contribution in [2.24, 2.45) is 0 Å². The molecule has 0 bridgehead atoms. The summed E-state index contributed by atoms with van der Waals surface area (Å²) in [4.78, 5) is 40.7. The van der Waals surface area contributed by atoms with Crippen molar-refractivity contribution in [1.29, 1.82) is 0 Å². The van der Waals surface area contributed by atoms with Gasteiger partial charge in [-0.1, -0.05) is 0 Å². The van der Waals surface area contributed by atoms with E-state index in [1.54, 1.807) is 0 Å². The van der Waals surface area contributed by atoms with Crippen LogP contribution in [0.4, 0.5) is 26.0 Å². The molecule has 2 amide bonds. The summed E-state index contributed by atoms with van der Waals surface area (Å²) in [5.41, 5.74) is 6.26. The zero-order valence-electron chi connectivity index (χ0n) is 22.1. The topological polar surface area (TPSA) is 134 Å². The highest BCUT2D eigenvalue weighted by Gasteiger charge is 2.41. The minimum Gasteiger partial charge on any atom is -0.381 e. The maximum Gasteiger partial charge on any atom is 0.263 e. The fraction of sp³-hybridized carbons (Fsp3) is 0.480. The Bertz CT molecular complexity index is 1450. The molecule has 3 aliphatic rings. The van der Waals surface area contributed by atoms with Gasteiger partial charge in [0, 0.05) is 44.6 Å². The van der Waals surface area contributed by atoms with Crippen molar-refractivity contribution in [1.82, 2.24) is 29.4 Å². The van der Waals surface area contributed by atoms with Crippen LogP contribution in [0.15, 0.2) is 24.8 Å². The molecule has 0 radical (unpaired) electrons. The number of aromatic nitrogens is 4. The van der Waals surface area contributed by atoms with E-state index in [0.717, 1.165) is 49.4 Å². The Morgan fingerprint density at radius 2 is 1.80 bits per heavy atom. The quantitative estimate of drug-likeness (QED) is 0.424. The van der Waals surface area contributed by atoms with Gasteiger partial charge < -0.3 is 25.6 Å². The smallest absolute Gasteiger partial charge is 0.263 e. The molecule has 3 aromatic rings. The first-order valence-electron chi connectivity index (χ1n) is 13.3. The van der Waals surface area contributed by atoms with Crippen molar-refractivity contribution in [2.45, 2.75) is 24.2 Å². The van der Waals surface area contributed by atoms with Gasteiger partial charge in [0.05, 0.1) is 49.7 Å². The molecule has 3 aromatic heterocycles. The standard InChI is InChI=1S/C25H30BF2N9O3/c26-25(24(39)36-7-5-34(6-8-36)16-13-40-14-16)1-3-35(4-2-25)20-17(28)10-30-11-18(20)32-23(38)19-21(29)33-37-12-15(27)9-31-22(19)37/h9-12,16H,1-8,13-14,26H2,(H2,29,33)(H,32,38). The minimum absolute atomic E-state index is 0.0584. The second-order valence-corrected chi connectivity index (χ2v) is 10.8. The van der Waals surface area contributed by atoms with Crippen LogP contribution < -0.4 is 16.0 Å². The summed E-state index contributed by atoms with van der Waals surface area (Å²) in [5, 5.41) is 6.06. The van der Waals surface area contributed by atoms with Crippen molar-refractivity contribution in [3.05, 3.63) is 42.0 Å². The summed E-state index contributed by atoms with van der Waals surface area (Å²) in [6, 6.07) is 0.463. The highest BCUT2D eigenvalue weighted by Crippen LogP contribution is 2.41. The maximum atomic E-state index is 15.1. The van der Waals surface area contributed by atoms with Crippen LogP contribution in [-0.4, -0.2) is 108 Å². The van der Waals surface area contributed by atoms with Crippen LogP contribution in [0.1, 0.15) is 23.2 Å². The van der Waals surface area contributed by atoms with Crippen LogP contribution in [0.3, 0.4) is 0 Å². The molecule has 0 atom stereocenters. The zero-order chi connectivity index (χ0) is 28.0. The Labute approximate surface area is 229 Å². The molecule has 3 N–H and O–H groups in total. The van der Waals surface area contributed by atoms with E-state index in [-0.39, 0.29) is 34.3 Å². The third kappa shape index (κ3) is 4.72. The molecule has 3 saturated heterocycles. The number of carbonyl (C=O) groups is 2. The molecule has 0 spiro atoms. The number of pyridine rings is 1. The van der Waals surface area contributed by atoms with Gasteiger partial charge in [-0.25, -0.2) is 18.3 Å². The third-order valence-electron chi connectivity index (χ3n) is 8.25. The predicted molar refractivity (Wildman–Crippen MR) is 145 cm³/mol. The van der Waals surface area contributed by atoms with Crippen LogP contribution in [-0.2, 0) is 9.53 Å². The van der Waals surface area contributed by atoms with E-state index >= 15 is 4.39 Å². The number of anilines is 3. The SMILES string of the molecule is BC1(C(=O)N2CCN(C3COC3)CC2)CCN(c2c(F)cncc2NC(=O)c2c(N)nn3cc(F)cnc23)CC1. The Hall–Kier alpha value is -3.85. The number of nitrogens with two attached hydrogens (primary N) is 1. The van der Waals surface area contributed by atoms with Gasteiger partial charge in [0.1, 0.15) is 19.1 Å². The molecular weight excluding hydrogens is 523 g/mol. The molecule has 0 aliphatic carbocycles. The second-order valence-electron chi connectivity index (χ2n) is 10.8. The highest BCUT2D eigenvalue weighted by atomic mass is 19.1. The molecular formula is C25H30BF2N9O3. The minimum atomic E-state index is -0.676. The van der Waals surface area contributed by atoms with Crippen LogP contribution in [0.5, 0.6) is 0 Å². The molecule has 6 rings (SSSR count). The van der Waals surface area contributed by atoms with Gasteiger partial charge in [-0.2, -0.15) is 0 Å². The first kappa shape index (κ1) is 26.4. The van der Waals surface area contributed by atoms with Crippen molar-refractivity contribution in [2.75, 3.05) is 68.4 Å². The van der Waals surface area contributed by atoms with E-state index in [2.05, 4.69) is 25.3 Å². The number of halogens is 2. The fourth-order valence-electron chi connectivity index (χ4n) is 5.72. The van der Waals surface area contributed by atoms with Gasteiger partial charge in [-0.3, -0.25) is 19.5 Å². The summed E-state index contributed by atoms with van der Waals surface area (Å²) in [7, 11) is 1.98. The van der Waals surface area contributed by atoms with E-state index in [1.807, 2.05) is 17.6 Å². The van der Waals surface area contributed by atoms with Crippen LogP contribution >= 0.6 is 0 Å². The Balaban J connectivity index is 1.14. The van der Waals surface area contributed by atoms with Gasteiger partial charge in [-0.15, -0.1) is 5.10 Å². The molecule has 210 valence electrons. The monoisotopic (exact) mass is 553 g/mol. The first-order chi connectivity index (χ1) is 19.2. The molecule has 40 heavy (non-hydrogen) atoms. The lowest BCUT2D eigenvalue weighted by Crippen LogP contribution is -2.59. The highest BCUT2D eigenvalue weighted by molar-refractivity contribution is 6.28. The Kier molecular flexibility index (Phi) is 6.78. The number of nitrogens with one attached hydrogen (secondary N) is 1. The summed E-state index contributed by atoms with van der Waals surface area (Å²) in [6.07, 6.45) is 5.53. The maximum absolute atomic E-state index is 15.1. The largest absolute Gasteiger partial charge is 0.381 e. The van der Waals surface area contributed by atoms with Gasteiger partial charge in [0.25, 0.3) is 5.91 Å². The lowest BCUT2D eigenvalue weighted by atomic mass is 9.61. The Morgan fingerprint density at radius 1 is 1.07 bits per heavy atom. The Morgan fingerprint density at radius 3 is 2.48 bits per heavy atom. The number of piperazine rings is 1. The summed E-state index contributed by atoms with van der Waals surface area (Å²) in [5.74, 6) is -1.93. The first-order valence-corrected chi connectivity index (χ1v) is 13.3. The number of carbonyl (C=O) groups excluding carboxylic acids is 2. The number of ether oxygens (including phenoxy) is 1. The van der Waals surface area contributed by atoms with E-state index in [4.69, 9.17) is 10.5 Å². The summed E-state index contributed by atoms with van der Waals surface area (Å²) < 4.78 is 35.1. The van der Waals surface area contributed by atoms with Crippen molar-refractivity contribution in [3.63, 3.8) is 0 Å².